The van der Waals surface area contributed by atoms with Crippen LogP contribution in [0.25, 0.3) is 11.6 Å². The van der Waals surface area contributed by atoms with Gasteiger partial charge in [-0.15, -0.1) is 5.10 Å². The second-order valence-corrected chi connectivity index (χ2v) is 7.50. The Morgan fingerprint density at radius 2 is 2.03 bits per heavy atom. The van der Waals surface area contributed by atoms with Gasteiger partial charge >= 0.3 is 0 Å². The van der Waals surface area contributed by atoms with Crippen molar-refractivity contribution in [3.05, 3.63) is 42.4 Å². The number of hydrogen-bond donors (Lipinski definition) is 0. The van der Waals surface area contributed by atoms with Crippen molar-refractivity contribution in [2.75, 3.05) is 13.1 Å². The molecule has 0 N–H and O–H groups in total. The Balaban J connectivity index is 1.38. The van der Waals surface area contributed by atoms with E-state index in [-0.39, 0.29) is 17.9 Å². The highest BCUT2D eigenvalue weighted by Gasteiger charge is 2.31. The van der Waals surface area contributed by atoms with Gasteiger partial charge in [0.1, 0.15) is 5.75 Å². The summed E-state index contributed by atoms with van der Waals surface area (Å²) in [6, 6.07) is 9.42. The molecule has 152 valence electrons. The van der Waals surface area contributed by atoms with E-state index in [4.69, 9.17) is 9.26 Å². The molecule has 1 amide bonds. The summed E-state index contributed by atoms with van der Waals surface area (Å²) in [6.45, 7) is 6.98. The standard InChI is InChI=1S/C20H24N6O3/c1-13(2)18-21-19(29-23-18)17-12-26(24-22-17)15-9-10-25(11-15)20(27)14(3)28-16-7-5-4-6-8-16/h4-8,12-15H,9-11H2,1-3H3/t14-,15-/m1/s1. The molecule has 29 heavy (non-hydrogen) atoms. The van der Waals surface area contributed by atoms with Crippen LogP contribution in [0, 0.1) is 0 Å². The monoisotopic (exact) mass is 396 g/mol. The summed E-state index contributed by atoms with van der Waals surface area (Å²) < 4.78 is 12.8. The normalized spacial score (nSPS) is 17.7. The third-order valence-electron chi connectivity index (χ3n) is 4.94. The minimum Gasteiger partial charge on any atom is -0.481 e. The van der Waals surface area contributed by atoms with Gasteiger partial charge < -0.3 is 14.2 Å². The van der Waals surface area contributed by atoms with Gasteiger partial charge in [0.05, 0.1) is 12.2 Å². The molecule has 0 unspecified atom stereocenters. The second kappa shape index (κ2) is 8.02. The molecule has 9 nitrogen and oxygen atoms in total. The number of benzene rings is 1. The molecule has 3 heterocycles. The van der Waals surface area contributed by atoms with Gasteiger partial charge in [-0.3, -0.25) is 4.79 Å². The van der Waals surface area contributed by atoms with Gasteiger partial charge in [0.15, 0.2) is 17.6 Å². The van der Waals surface area contributed by atoms with Crippen LogP contribution in [0.5, 0.6) is 5.75 Å². The van der Waals surface area contributed by atoms with Gasteiger partial charge in [0.2, 0.25) is 0 Å². The molecule has 0 bridgehead atoms. The second-order valence-electron chi connectivity index (χ2n) is 7.50. The van der Waals surface area contributed by atoms with Crippen LogP contribution < -0.4 is 4.74 Å². The molecule has 0 spiro atoms. The van der Waals surface area contributed by atoms with Crippen molar-refractivity contribution >= 4 is 5.91 Å². The summed E-state index contributed by atoms with van der Waals surface area (Å²) in [5.74, 6) is 1.83. The highest BCUT2D eigenvalue weighted by molar-refractivity contribution is 5.81. The number of carbonyl (C=O) groups excluding carboxylic acids is 1. The zero-order valence-electron chi connectivity index (χ0n) is 16.7. The summed E-state index contributed by atoms with van der Waals surface area (Å²) in [5.41, 5.74) is 0.537. The molecule has 1 fully saturated rings. The maximum absolute atomic E-state index is 12.7. The molecule has 0 aliphatic carbocycles. The highest BCUT2D eigenvalue weighted by Crippen LogP contribution is 2.24. The lowest BCUT2D eigenvalue weighted by Gasteiger charge is -2.21. The molecule has 4 rings (SSSR count). The molecular formula is C20H24N6O3. The van der Waals surface area contributed by atoms with Crippen molar-refractivity contribution in [3.8, 4) is 17.3 Å². The predicted molar refractivity (Wildman–Crippen MR) is 104 cm³/mol. The van der Waals surface area contributed by atoms with Gasteiger partial charge in [0.25, 0.3) is 11.8 Å². The minimum absolute atomic E-state index is 0.0323. The lowest BCUT2D eigenvalue weighted by Crippen LogP contribution is -2.39. The van der Waals surface area contributed by atoms with Crippen LogP contribution in [-0.4, -0.2) is 55.1 Å². The number of aromatic nitrogens is 5. The maximum Gasteiger partial charge on any atom is 0.280 e. The number of carbonyl (C=O) groups is 1. The largest absolute Gasteiger partial charge is 0.481 e. The van der Waals surface area contributed by atoms with Crippen LogP contribution in [0.2, 0.25) is 0 Å². The molecule has 0 radical (unpaired) electrons. The Morgan fingerprint density at radius 1 is 1.24 bits per heavy atom. The number of hydrogen-bond acceptors (Lipinski definition) is 7. The van der Waals surface area contributed by atoms with Gasteiger partial charge in [-0.25, -0.2) is 4.68 Å². The summed E-state index contributed by atoms with van der Waals surface area (Å²) in [6.07, 6.45) is 2.05. The number of rotatable bonds is 6. The van der Waals surface area contributed by atoms with E-state index in [1.165, 1.54) is 0 Å². The van der Waals surface area contributed by atoms with E-state index in [0.717, 1.165) is 6.42 Å². The zero-order chi connectivity index (χ0) is 20.4. The zero-order valence-corrected chi connectivity index (χ0v) is 16.7. The third kappa shape index (κ3) is 4.13. The van der Waals surface area contributed by atoms with E-state index >= 15 is 0 Å². The SMILES string of the molecule is CC(C)c1noc(-c2cn([C@@H]3CCN(C(=O)[C@@H](C)Oc4ccccc4)C3)nn2)n1. The molecule has 0 saturated carbocycles. The van der Waals surface area contributed by atoms with Crippen molar-refractivity contribution in [2.45, 2.75) is 45.3 Å². The van der Waals surface area contributed by atoms with Gasteiger partial charge in [-0.1, -0.05) is 42.4 Å². The van der Waals surface area contributed by atoms with E-state index in [0.29, 0.717) is 36.2 Å². The van der Waals surface area contributed by atoms with Crippen molar-refractivity contribution in [1.29, 1.82) is 0 Å². The quantitative estimate of drug-likeness (QED) is 0.631. The fourth-order valence-corrected chi connectivity index (χ4v) is 3.30. The minimum atomic E-state index is -0.546. The van der Waals surface area contributed by atoms with Gasteiger partial charge in [-0.05, 0) is 25.5 Å². The third-order valence-corrected chi connectivity index (χ3v) is 4.94. The molecule has 1 aromatic carbocycles. The fourth-order valence-electron chi connectivity index (χ4n) is 3.30. The number of likely N-dealkylation sites (tertiary alicyclic amines) is 1. The first-order chi connectivity index (χ1) is 14.0. The smallest absolute Gasteiger partial charge is 0.280 e. The van der Waals surface area contributed by atoms with Crippen LogP contribution in [0.1, 0.15) is 45.0 Å². The lowest BCUT2D eigenvalue weighted by molar-refractivity contribution is -0.136. The molecule has 9 heteroatoms. The molecule has 1 saturated heterocycles. The molecule has 3 aromatic rings. The Kier molecular flexibility index (Phi) is 5.28. The highest BCUT2D eigenvalue weighted by atomic mass is 16.5. The average Bonchev–Trinajstić information content (AvgIpc) is 3.47. The fraction of sp³-hybridized carbons (Fsp3) is 0.450. The lowest BCUT2D eigenvalue weighted by atomic mass is 10.2. The van der Waals surface area contributed by atoms with E-state index in [1.54, 1.807) is 17.8 Å². The molecule has 2 aromatic heterocycles. The summed E-state index contributed by atoms with van der Waals surface area (Å²) in [4.78, 5) is 18.9. The maximum atomic E-state index is 12.7. The van der Waals surface area contributed by atoms with Crippen molar-refractivity contribution in [2.24, 2.45) is 0 Å². The van der Waals surface area contributed by atoms with Crippen molar-refractivity contribution in [1.82, 2.24) is 30.0 Å². The van der Waals surface area contributed by atoms with E-state index in [1.807, 2.05) is 49.1 Å². The number of para-hydroxylation sites is 1. The number of nitrogens with zero attached hydrogens (tertiary/aromatic N) is 6. The van der Waals surface area contributed by atoms with Crippen LogP contribution >= 0.6 is 0 Å². The van der Waals surface area contributed by atoms with Crippen LogP contribution in [-0.2, 0) is 4.79 Å². The van der Waals surface area contributed by atoms with E-state index in [9.17, 15) is 4.79 Å². The average molecular weight is 396 g/mol. The first-order valence-corrected chi connectivity index (χ1v) is 9.77. The Hall–Kier alpha value is -3.23. The first-order valence-electron chi connectivity index (χ1n) is 9.77. The summed E-state index contributed by atoms with van der Waals surface area (Å²) in [5, 5.41) is 12.3. The predicted octanol–water partition coefficient (Wildman–Crippen LogP) is 2.69. The first kappa shape index (κ1) is 19.1. The van der Waals surface area contributed by atoms with Crippen molar-refractivity contribution in [3.63, 3.8) is 0 Å². The van der Waals surface area contributed by atoms with Crippen LogP contribution in [0.15, 0.2) is 41.1 Å². The molecule has 2 atom stereocenters. The summed E-state index contributed by atoms with van der Waals surface area (Å²) in [7, 11) is 0. The van der Waals surface area contributed by atoms with Crippen LogP contribution in [0.4, 0.5) is 0 Å². The Labute approximate surface area is 168 Å². The molecule has 1 aliphatic rings. The topological polar surface area (TPSA) is 99.2 Å². The van der Waals surface area contributed by atoms with Gasteiger partial charge in [-0.2, -0.15) is 4.98 Å². The van der Waals surface area contributed by atoms with E-state index in [2.05, 4.69) is 20.5 Å². The number of amides is 1. The molecule has 1 aliphatic heterocycles. The number of ether oxygens (including phenoxy) is 1. The Bertz CT molecular complexity index is 968. The van der Waals surface area contributed by atoms with Crippen molar-refractivity contribution < 1.29 is 14.1 Å². The summed E-state index contributed by atoms with van der Waals surface area (Å²) >= 11 is 0. The Morgan fingerprint density at radius 3 is 2.76 bits per heavy atom. The van der Waals surface area contributed by atoms with Gasteiger partial charge in [0, 0.05) is 19.0 Å². The van der Waals surface area contributed by atoms with E-state index < -0.39 is 6.10 Å². The molecular weight excluding hydrogens is 372 g/mol. The van der Waals surface area contributed by atoms with Crippen LogP contribution in [0.3, 0.4) is 0 Å².